The van der Waals surface area contributed by atoms with Crippen LogP contribution in [0.25, 0.3) is 0 Å². The monoisotopic (exact) mass is 229 g/mol. The molecule has 0 radical (unpaired) electrons. The third-order valence-electron chi connectivity index (χ3n) is 2.00. The summed E-state index contributed by atoms with van der Waals surface area (Å²) < 4.78 is 0. The highest BCUT2D eigenvalue weighted by Crippen LogP contribution is 1.97. The molecule has 0 aromatic rings. The topological polar surface area (TPSA) is 61.4 Å². The van der Waals surface area contributed by atoms with Crippen LogP contribution in [-0.4, -0.2) is 42.0 Å². The van der Waals surface area contributed by atoms with Crippen molar-refractivity contribution in [2.75, 3.05) is 19.6 Å². The van der Waals surface area contributed by atoms with Gasteiger partial charge in [0.25, 0.3) is 0 Å². The predicted octanol–water partition coefficient (Wildman–Crippen LogP) is 0.952. The van der Waals surface area contributed by atoms with Crippen LogP contribution >= 0.6 is 0 Å². The molecule has 0 spiro atoms. The highest BCUT2D eigenvalue weighted by Gasteiger charge is 2.16. The Kier molecular flexibility index (Phi) is 6.03. The van der Waals surface area contributed by atoms with E-state index in [1.807, 2.05) is 39.5 Å². The molecule has 0 bridgehead atoms. The summed E-state index contributed by atoms with van der Waals surface area (Å²) in [5.41, 5.74) is -0.334. The maximum Gasteiger partial charge on any atom is 0.321 e. The van der Waals surface area contributed by atoms with Gasteiger partial charge in [-0.1, -0.05) is 13.8 Å². The lowest BCUT2D eigenvalue weighted by Gasteiger charge is -2.21. The zero-order valence-corrected chi connectivity index (χ0v) is 10.9. The van der Waals surface area contributed by atoms with Crippen LogP contribution in [0, 0.1) is 0 Å². The Morgan fingerprint density at radius 3 is 2.00 bits per heavy atom. The second kappa shape index (κ2) is 6.48. The molecule has 0 saturated carbocycles. The fourth-order valence-electron chi connectivity index (χ4n) is 1.19. The molecule has 0 rings (SSSR count). The van der Waals surface area contributed by atoms with Crippen molar-refractivity contribution in [2.45, 2.75) is 40.2 Å². The Hall–Kier alpha value is -1.10. The van der Waals surface area contributed by atoms with Crippen LogP contribution in [0.2, 0.25) is 0 Å². The maximum atomic E-state index is 11.5. The minimum Gasteiger partial charge on any atom is -0.333 e. The van der Waals surface area contributed by atoms with Gasteiger partial charge in [-0.15, -0.1) is 0 Å². The van der Waals surface area contributed by atoms with Gasteiger partial charge < -0.3 is 5.32 Å². The summed E-state index contributed by atoms with van der Waals surface area (Å²) in [6, 6.07) is -0.440. The summed E-state index contributed by atoms with van der Waals surface area (Å²) in [5.74, 6) is -0.273. The van der Waals surface area contributed by atoms with E-state index in [9.17, 15) is 9.59 Å². The molecule has 16 heavy (non-hydrogen) atoms. The lowest BCUT2D eigenvalue weighted by Crippen LogP contribution is -2.50. The van der Waals surface area contributed by atoms with Crippen LogP contribution in [0.15, 0.2) is 0 Å². The van der Waals surface area contributed by atoms with E-state index < -0.39 is 6.03 Å². The van der Waals surface area contributed by atoms with Crippen molar-refractivity contribution in [2.24, 2.45) is 0 Å². The lowest BCUT2D eigenvalue weighted by atomic mass is 10.1. The van der Waals surface area contributed by atoms with E-state index in [4.69, 9.17) is 0 Å². The first-order valence-electron chi connectivity index (χ1n) is 5.62. The highest BCUT2D eigenvalue weighted by atomic mass is 16.2. The van der Waals surface area contributed by atoms with E-state index in [0.29, 0.717) is 0 Å². The Labute approximate surface area is 97.6 Å². The fraction of sp³-hybridized carbons (Fsp3) is 0.818. The molecule has 5 nitrogen and oxygen atoms in total. The van der Waals surface area contributed by atoms with Gasteiger partial charge in [0, 0.05) is 5.54 Å². The van der Waals surface area contributed by atoms with E-state index in [1.54, 1.807) is 0 Å². The largest absolute Gasteiger partial charge is 0.333 e. The van der Waals surface area contributed by atoms with Gasteiger partial charge in [0.1, 0.15) is 0 Å². The predicted molar refractivity (Wildman–Crippen MR) is 64.2 cm³/mol. The van der Waals surface area contributed by atoms with Crippen molar-refractivity contribution in [3.63, 3.8) is 0 Å². The summed E-state index contributed by atoms with van der Waals surface area (Å²) in [7, 11) is 0. The number of nitrogens with one attached hydrogen (secondary N) is 2. The SMILES string of the molecule is CCN(CC)CC(=O)NC(=O)NC(C)(C)C. The molecule has 94 valence electrons. The van der Waals surface area contributed by atoms with E-state index in [-0.39, 0.29) is 18.0 Å². The van der Waals surface area contributed by atoms with Gasteiger partial charge in [0.15, 0.2) is 0 Å². The van der Waals surface area contributed by atoms with Crippen molar-refractivity contribution in [3.05, 3.63) is 0 Å². The molecule has 0 aliphatic carbocycles. The van der Waals surface area contributed by atoms with E-state index >= 15 is 0 Å². The van der Waals surface area contributed by atoms with Crippen LogP contribution in [0.5, 0.6) is 0 Å². The highest BCUT2D eigenvalue weighted by molar-refractivity contribution is 5.95. The van der Waals surface area contributed by atoms with Crippen molar-refractivity contribution in [1.82, 2.24) is 15.5 Å². The smallest absolute Gasteiger partial charge is 0.321 e. The molecule has 0 aliphatic heterocycles. The molecule has 0 atom stereocenters. The third kappa shape index (κ3) is 7.23. The van der Waals surface area contributed by atoms with Gasteiger partial charge in [0.2, 0.25) is 5.91 Å². The zero-order chi connectivity index (χ0) is 12.8. The lowest BCUT2D eigenvalue weighted by molar-refractivity contribution is -0.121. The van der Waals surface area contributed by atoms with Crippen molar-refractivity contribution in [3.8, 4) is 0 Å². The minimum absolute atomic E-state index is 0.255. The molecular formula is C11H23N3O2. The maximum absolute atomic E-state index is 11.5. The quantitative estimate of drug-likeness (QED) is 0.754. The Morgan fingerprint density at radius 2 is 1.62 bits per heavy atom. The van der Waals surface area contributed by atoms with Crippen molar-refractivity contribution in [1.29, 1.82) is 0 Å². The molecular weight excluding hydrogens is 206 g/mol. The van der Waals surface area contributed by atoms with Crippen molar-refractivity contribution < 1.29 is 9.59 Å². The number of carbonyl (C=O) groups is 2. The number of imide groups is 1. The van der Waals surface area contributed by atoms with Crippen LogP contribution in [0.1, 0.15) is 34.6 Å². The first kappa shape index (κ1) is 14.9. The number of hydrogen-bond donors (Lipinski definition) is 2. The normalized spacial score (nSPS) is 11.4. The van der Waals surface area contributed by atoms with Gasteiger partial charge >= 0.3 is 6.03 Å². The molecule has 0 aromatic carbocycles. The Morgan fingerprint density at radius 1 is 1.12 bits per heavy atom. The minimum atomic E-state index is -0.440. The molecule has 3 amide bonds. The first-order valence-corrected chi connectivity index (χ1v) is 5.62. The average molecular weight is 229 g/mol. The summed E-state index contributed by atoms with van der Waals surface area (Å²) in [6.07, 6.45) is 0. The second-order valence-electron chi connectivity index (χ2n) is 4.71. The Bertz CT molecular complexity index is 242. The van der Waals surface area contributed by atoms with Crippen LogP contribution < -0.4 is 10.6 Å². The van der Waals surface area contributed by atoms with E-state index in [0.717, 1.165) is 13.1 Å². The van der Waals surface area contributed by atoms with Gasteiger partial charge in [0.05, 0.1) is 6.54 Å². The molecule has 5 heteroatoms. The number of likely N-dealkylation sites (N-methyl/N-ethyl adjacent to an activating group) is 1. The zero-order valence-electron chi connectivity index (χ0n) is 10.9. The summed E-state index contributed by atoms with van der Waals surface area (Å²) >= 11 is 0. The number of rotatable bonds is 4. The second-order valence-corrected chi connectivity index (χ2v) is 4.71. The van der Waals surface area contributed by atoms with Crippen LogP contribution in [0.4, 0.5) is 4.79 Å². The molecule has 0 unspecified atom stereocenters. The number of nitrogens with zero attached hydrogens (tertiary/aromatic N) is 1. The number of urea groups is 1. The first-order chi connectivity index (χ1) is 7.28. The summed E-state index contributed by atoms with van der Waals surface area (Å²) in [5, 5.41) is 4.97. The van der Waals surface area contributed by atoms with Gasteiger partial charge in [-0.05, 0) is 33.9 Å². The summed E-state index contributed by atoms with van der Waals surface area (Å²) in [4.78, 5) is 24.8. The van der Waals surface area contributed by atoms with Gasteiger partial charge in [-0.2, -0.15) is 0 Å². The Balaban J connectivity index is 4.01. The molecule has 0 saturated heterocycles. The number of carbonyl (C=O) groups excluding carboxylic acids is 2. The molecule has 0 aliphatic rings. The fourth-order valence-corrected chi connectivity index (χ4v) is 1.19. The number of amides is 3. The molecule has 0 aromatic heterocycles. The van der Waals surface area contributed by atoms with Gasteiger partial charge in [-0.3, -0.25) is 15.0 Å². The van der Waals surface area contributed by atoms with Crippen molar-refractivity contribution >= 4 is 11.9 Å². The van der Waals surface area contributed by atoms with E-state index in [2.05, 4.69) is 10.6 Å². The molecule has 0 heterocycles. The molecule has 2 N–H and O–H groups in total. The van der Waals surface area contributed by atoms with Gasteiger partial charge in [-0.25, -0.2) is 4.79 Å². The van der Waals surface area contributed by atoms with Crippen LogP contribution in [0.3, 0.4) is 0 Å². The average Bonchev–Trinajstić information content (AvgIpc) is 2.10. The molecule has 0 fully saturated rings. The van der Waals surface area contributed by atoms with Crippen LogP contribution in [-0.2, 0) is 4.79 Å². The third-order valence-corrected chi connectivity index (χ3v) is 2.00. The summed E-state index contributed by atoms with van der Waals surface area (Å²) in [6.45, 7) is 11.4. The van der Waals surface area contributed by atoms with E-state index in [1.165, 1.54) is 0 Å². The standard InChI is InChI=1S/C11H23N3O2/c1-6-14(7-2)8-9(15)12-10(16)13-11(3,4)5/h6-8H2,1-5H3,(H2,12,13,15,16). The number of hydrogen-bond acceptors (Lipinski definition) is 3.